The molecule has 0 saturated carbocycles. The third-order valence-corrected chi connectivity index (χ3v) is 11.5. The Kier molecular flexibility index (Phi) is 18.8. The van der Waals surface area contributed by atoms with E-state index in [-0.39, 0.29) is 11.5 Å². The molecular weight excluding hydrogens is 989 g/mol. The summed E-state index contributed by atoms with van der Waals surface area (Å²) < 4.78 is 68.2. The van der Waals surface area contributed by atoms with E-state index in [2.05, 4.69) is 20.6 Å². The summed E-state index contributed by atoms with van der Waals surface area (Å²) in [6, 6.07) is -0.711. The summed E-state index contributed by atoms with van der Waals surface area (Å²) in [5.41, 5.74) is 4.43. The van der Waals surface area contributed by atoms with E-state index >= 15 is 0 Å². The van der Waals surface area contributed by atoms with Gasteiger partial charge in [-0.05, 0) is 6.07 Å². The van der Waals surface area contributed by atoms with E-state index in [0.717, 1.165) is 49.3 Å². The maximum Gasteiger partial charge on any atom is 0.475 e. The smallest absolute Gasteiger partial charge is 0.475 e. The molecule has 71 heavy (non-hydrogen) atoms. The molecular formula is C37H52N7O26P. The number of anilines is 1. The third kappa shape index (κ3) is 14.3. The number of carboxylic acid groups (broad SMARTS) is 1. The van der Waals surface area contributed by atoms with Crippen molar-refractivity contribution in [2.75, 3.05) is 25.6 Å². The first-order chi connectivity index (χ1) is 33.2. The van der Waals surface area contributed by atoms with Gasteiger partial charge in [0.2, 0.25) is 5.91 Å². The first-order valence-electron chi connectivity index (χ1n) is 21.0. The number of nitrogens with two attached hydrogens (primary N) is 1. The van der Waals surface area contributed by atoms with Crippen molar-refractivity contribution < 1.29 is 121 Å². The van der Waals surface area contributed by atoms with E-state index in [9.17, 15) is 78.8 Å². The molecule has 0 radical (unpaired) electrons. The minimum Gasteiger partial charge on any atom is -0.477 e. The van der Waals surface area contributed by atoms with Crippen molar-refractivity contribution in [3.05, 3.63) is 34.6 Å². The maximum absolute atomic E-state index is 13.4. The lowest BCUT2D eigenvalue weighted by Crippen LogP contribution is -2.68. The molecule has 1 unspecified atom stereocenters. The normalized spacial score (nSPS) is 31.3. The zero-order chi connectivity index (χ0) is 52.7. The van der Waals surface area contributed by atoms with Gasteiger partial charge in [-0.2, -0.15) is 4.98 Å². The van der Waals surface area contributed by atoms with Gasteiger partial charge in [-0.3, -0.25) is 33.1 Å². The number of phosphoric acid groups is 1. The molecule has 16 atom stereocenters. The second-order valence-corrected chi connectivity index (χ2v) is 17.4. The third-order valence-electron chi connectivity index (χ3n) is 10.5. The Bertz CT molecular complexity index is 2360. The highest BCUT2D eigenvalue weighted by atomic mass is 31.2. The minimum atomic E-state index is -5.73. The fourth-order valence-corrected chi connectivity index (χ4v) is 8.39. The van der Waals surface area contributed by atoms with Crippen LogP contribution < -0.4 is 16.7 Å². The lowest BCUT2D eigenvalue weighted by atomic mass is 9.88. The number of esters is 4. The minimum absolute atomic E-state index is 0.0373. The van der Waals surface area contributed by atoms with Gasteiger partial charge in [0.1, 0.15) is 67.4 Å². The zero-order valence-corrected chi connectivity index (χ0v) is 38.6. The van der Waals surface area contributed by atoms with E-state index in [1.54, 1.807) is 0 Å². The molecule has 3 fully saturated rings. The second-order valence-electron chi connectivity index (χ2n) is 16.0. The van der Waals surface area contributed by atoms with Gasteiger partial charge in [0.05, 0.1) is 38.2 Å². The predicted molar refractivity (Wildman–Crippen MR) is 219 cm³/mol. The summed E-state index contributed by atoms with van der Waals surface area (Å²) in [7, 11) is -5.73. The lowest BCUT2D eigenvalue weighted by Gasteiger charge is -2.46. The van der Waals surface area contributed by atoms with Crippen molar-refractivity contribution in [2.45, 2.75) is 139 Å². The molecule has 0 aliphatic carbocycles. The van der Waals surface area contributed by atoms with Crippen molar-refractivity contribution in [3.8, 4) is 0 Å². The van der Waals surface area contributed by atoms with Crippen LogP contribution in [0.2, 0.25) is 0 Å². The number of amides is 1. The van der Waals surface area contributed by atoms with Crippen LogP contribution in [0.4, 0.5) is 5.82 Å². The van der Waals surface area contributed by atoms with E-state index in [0.29, 0.717) is 0 Å². The molecule has 33 nitrogen and oxygen atoms in total. The van der Waals surface area contributed by atoms with Crippen molar-refractivity contribution >= 4 is 49.4 Å². The van der Waals surface area contributed by atoms with Gasteiger partial charge in [-0.25, -0.2) is 23.4 Å². The first-order valence-corrected chi connectivity index (χ1v) is 22.4. The number of ether oxygens (including phenoxy) is 8. The Balaban J connectivity index is 1.27. The Labute approximate surface area is 398 Å². The van der Waals surface area contributed by atoms with E-state index in [1.165, 1.54) is 6.07 Å². The van der Waals surface area contributed by atoms with Gasteiger partial charge in [0.25, 0.3) is 5.79 Å². The molecule has 3 aliphatic heterocycles. The summed E-state index contributed by atoms with van der Waals surface area (Å²) in [5, 5.41) is 83.4. The molecule has 0 bridgehead atoms. The number of hydrogen-bond acceptors (Lipinski definition) is 28. The standard InChI is InChI=1S/C37H52N7O26P/c1-14(46)61-12-22-29(64-15(2)47)31(65-16(3)48)32(66-17(4)49)34(68-22)62-11-18-8-43(42-41-18)9-24(52)40-25-19(50)7-37(35(56)57,69-30(25)26(53)20(51)10-45)70-71(59,60)63-13-21-27(54)28(55)33(67-21)44-6-5-23(38)39-36(44)58/h5-6,8,19-22,25-34,45,50-51,53-55H,7,9-13H2,1-4H3,(H,40,52)(H,56,57)(H,59,60)(H2,38,39,58)/t19-,20+,21+,22+,25+,26+,27+,28+,29-,30+,31-,32+,33+,34+,37-/m0/s1. The number of phosphoric ester groups is 1. The predicted octanol–water partition coefficient (Wildman–Crippen LogP) is -6.40. The van der Waals surface area contributed by atoms with E-state index < -0.39 is 180 Å². The molecule has 0 aromatic carbocycles. The van der Waals surface area contributed by atoms with Crippen LogP contribution in [0, 0.1) is 0 Å². The van der Waals surface area contributed by atoms with Gasteiger partial charge in [0, 0.05) is 40.3 Å². The van der Waals surface area contributed by atoms with Crippen LogP contribution in [0.25, 0.3) is 0 Å². The summed E-state index contributed by atoms with van der Waals surface area (Å²) in [6.07, 6.45) is -22.6. The molecule has 2 aromatic heterocycles. The Morgan fingerprint density at radius 1 is 0.944 bits per heavy atom. The number of carbonyl (C=O) groups excluding carboxylic acids is 5. The highest BCUT2D eigenvalue weighted by Gasteiger charge is 2.59. The largest absolute Gasteiger partial charge is 0.477 e. The van der Waals surface area contributed by atoms with Crippen molar-refractivity contribution in [1.82, 2.24) is 29.9 Å². The summed E-state index contributed by atoms with van der Waals surface area (Å²) >= 11 is 0. The van der Waals surface area contributed by atoms with Gasteiger partial charge in [-0.15, -0.1) is 5.10 Å². The number of rotatable bonds is 21. The zero-order valence-electron chi connectivity index (χ0n) is 37.7. The van der Waals surface area contributed by atoms with Gasteiger partial charge in [-0.1, -0.05) is 5.21 Å². The van der Waals surface area contributed by atoms with Gasteiger partial charge < -0.3 is 89.6 Å². The molecule has 1 amide bonds. The number of aromatic nitrogens is 5. The Hall–Kier alpha value is -5.65. The molecule has 396 valence electrons. The van der Waals surface area contributed by atoms with E-state index in [4.69, 9.17) is 52.7 Å². The highest BCUT2D eigenvalue weighted by molar-refractivity contribution is 7.47. The number of carboxylic acids is 1. The van der Waals surface area contributed by atoms with Crippen LogP contribution in [-0.4, -0.2) is 206 Å². The monoisotopic (exact) mass is 1040 g/mol. The van der Waals surface area contributed by atoms with Gasteiger partial charge in [0.15, 0.2) is 30.8 Å². The number of hydrogen-bond donors (Lipinski definition) is 10. The molecule has 34 heteroatoms. The fourth-order valence-electron chi connectivity index (χ4n) is 7.43. The van der Waals surface area contributed by atoms with Crippen LogP contribution in [0.15, 0.2) is 23.3 Å². The summed E-state index contributed by atoms with van der Waals surface area (Å²) in [5.74, 6) is -10.3. The summed E-state index contributed by atoms with van der Waals surface area (Å²) in [6.45, 7) is -0.00177. The molecule has 5 rings (SSSR count). The van der Waals surface area contributed by atoms with Crippen LogP contribution in [-0.2, 0) is 93.4 Å². The number of aliphatic hydroxyl groups excluding tert-OH is 6. The number of nitrogen functional groups attached to an aromatic ring is 1. The number of carbonyl (C=O) groups is 6. The van der Waals surface area contributed by atoms with Crippen molar-refractivity contribution in [1.29, 1.82) is 0 Å². The second kappa shape index (κ2) is 23.7. The number of nitrogens with one attached hydrogen (secondary N) is 1. The van der Waals surface area contributed by atoms with Gasteiger partial charge >= 0.3 is 43.4 Å². The quantitative estimate of drug-likeness (QED) is 0.0316. The summed E-state index contributed by atoms with van der Waals surface area (Å²) in [4.78, 5) is 101. The number of aliphatic carboxylic acids is 1. The number of nitrogens with zero attached hydrogens (tertiary/aromatic N) is 5. The lowest BCUT2D eigenvalue weighted by molar-refractivity contribution is -0.310. The van der Waals surface area contributed by atoms with Crippen molar-refractivity contribution in [2.24, 2.45) is 0 Å². The average molecular weight is 1040 g/mol. The fraction of sp³-hybridized carbons (Fsp3) is 0.676. The number of aliphatic hydroxyl groups is 6. The first kappa shape index (κ1) is 56.3. The average Bonchev–Trinajstić information content (AvgIpc) is 3.84. The van der Waals surface area contributed by atoms with Crippen LogP contribution >= 0.6 is 7.82 Å². The highest BCUT2D eigenvalue weighted by Crippen LogP contribution is 2.51. The van der Waals surface area contributed by atoms with Crippen LogP contribution in [0.5, 0.6) is 0 Å². The molecule has 11 N–H and O–H groups in total. The molecule has 3 saturated heterocycles. The van der Waals surface area contributed by atoms with Crippen LogP contribution in [0.1, 0.15) is 46.0 Å². The maximum atomic E-state index is 13.4. The topological polar surface area (TPSA) is 477 Å². The van der Waals surface area contributed by atoms with Crippen molar-refractivity contribution in [3.63, 3.8) is 0 Å². The SMILES string of the molecule is CC(=O)OC[C@H]1O[C@@H](OCc2cn(CC(=O)N[C@H]3[C@H]([C@H](O)[C@H](O)CO)O[C@@](OP(=O)(O)OC[C@H]4O[C@@H](n5ccc(N)nc5=O)[C@H](O)[C@@H]4O)(C(=O)O)C[C@@H]3O)nn2)[C@H](OC(C)=O)[C@@H](OC(C)=O)[C@H]1OC(C)=O. The van der Waals surface area contributed by atoms with Crippen LogP contribution in [0.3, 0.4) is 0 Å². The molecule has 3 aliphatic rings. The molecule has 5 heterocycles. The molecule has 0 spiro atoms. The Morgan fingerprint density at radius 3 is 2.20 bits per heavy atom. The van der Waals surface area contributed by atoms with E-state index in [1.807, 2.05) is 0 Å². The Morgan fingerprint density at radius 2 is 1.59 bits per heavy atom. The molecule has 2 aromatic rings.